The summed E-state index contributed by atoms with van der Waals surface area (Å²) in [4.78, 5) is 2.37. The van der Waals surface area contributed by atoms with E-state index in [0.29, 0.717) is 0 Å². The molecule has 0 aliphatic rings. The van der Waals surface area contributed by atoms with E-state index in [4.69, 9.17) is 0 Å². The molecule has 11 aromatic rings. The first kappa shape index (κ1) is 32.4. The zero-order valence-corrected chi connectivity index (χ0v) is 31.4. The lowest BCUT2D eigenvalue weighted by molar-refractivity contribution is 1.28. The van der Waals surface area contributed by atoms with Crippen LogP contribution < -0.4 is 4.90 Å². The van der Waals surface area contributed by atoms with Gasteiger partial charge in [-0.05, 0) is 126 Å². The molecule has 1 heterocycles. The summed E-state index contributed by atoms with van der Waals surface area (Å²) in [6, 6.07) is 77.8. The van der Waals surface area contributed by atoms with Gasteiger partial charge in [0.2, 0.25) is 0 Å². The quantitative estimate of drug-likeness (QED) is 0.154. The molecule has 0 unspecified atom stereocenters. The zero-order chi connectivity index (χ0) is 37.0. The maximum absolute atomic E-state index is 2.37. The highest BCUT2D eigenvalue weighted by molar-refractivity contribution is 7.25. The van der Waals surface area contributed by atoms with E-state index >= 15 is 0 Å². The minimum absolute atomic E-state index is 1.11. The van der Waals surface area contributed by atoms with Gasteiger partial charge in [-0.3, -0.25) is 0 Å². The summed E-state index contributed by atoms with van der Waals surface area (Å²) in [5, 5.41) is 10.2. The average Bonchev–Trinajstić information content (AvgIpc) is 3.65. The summed E-state index contributed by atoms with van der Waals surface area (Å²) in [7, 11) is 0. The fraction of sp³-hybridized carbons (Fsp3) is 0. The molecule has 10 aromatic carbocycles. The van der Waals surface area contributed by atoms with Crippen molar-refractivity contribution in [3.8, 4) is 33.4 Å². The van der Waals surface area contributed by atoms with Crippen molar-refractivity contribution in [2.45, 2.75) is 0 Å². The summed E-state index contributed by atoms with van der Waals surface area (Å²) in [6.07, 6.45) is 0. The standard InChI is InChI=1S/C54H35NS/c1-2-10-40-32-43(18-16-36(40)8-1)41-11-7-12-48(34-41)55(47-28-22-38(23-29-47)44-25-31-52-51-14-5-6-15-53(51)56-54(52)35-44)46-26-20-37(21-27-46)42-24-30-50-45(33-42)19-17-39-9-3-4-13-49(39)50/h1-35H. The van der Waals surface area contributed by atoms with Crippen molar-refractivity contribution in [3.63, 3.8) is 0 Å². The first-order valence-electron chi connectivity index (χ1n) is 19.2. The highest BCUT2D eigenvalue weighted by Gasteiger charge is 2.15. The van der Waals surface area contributed by atoms with E-state index in [1.54, 1.807) is 0 Å². The van der Waals surface area contributed by atoms with Crippen LogP contribution in [0.2, 0.25) is 0 Å². The predicted octanol–water partition coefficient (Wildman–Crippen LogP) is 16.0. The van der Waals surface area contributed by atoms with Crippen LogP contribution in [-0.4, -0.2) is 0 Å². The molecule has 2 heteroatoms. The number of hydrogen-bond donors (Lipinski definition) is 0. The zero-order valence-electron chi connectivity index (χ0n) is 30.6. The van der Waals surface area contributed by atoms with Gasteiger partial charge in [0.25, 0.3) is 0 Å². The third kappa shape index (κ3) is 5.71. The number of anilines is 3. The van der Waals surface area contributed by atoms with Crippen LogP contribution in [0.1, 0.15) is 0 Å². The Kier molecular flexibility index (Phi) is 7.75. The lowest BCUT2D eigenvalue weighted by atomic mass is 9.97. The topological polar surface area (TPSA) is 3.24 Å². The second-order valence-electron chi connectivity index (χ2n) is 14.6. The van der Waals surface area contributed by atoms with Gasteiger partial charge in [0.1, 0.15) is 0 Å². The van der Waals surface area contributed by atoms with Crippen LogP contribution in [0.25, 0.3) is 85.9 Å². The Morgan fingerprint density at radius 2 is 0.750 bits per heavy atom. The van der Waals surface area contributed by atoms with E-state index in [1.165, 1.54) is 85.9 Å². The molecule has 0 fully saturated rings. The first-order chi connectivity index (χ1) is 27.7. The van der Waals surface area contributed by atoms with E-state index in [-0.39, 0.29) is 0 Å². The van der Waals surface area contributed by atoms with Gasteiger partial charge >= 0.3 is 0 Å². The van der Waals surface area contributed by atoms with Gasteiger partial charge < -0.3 is 4.90 Å². The van der Waals surface area contributed by atoms with Crippen molar-refractivity contribution in [2.24, 2.45) is 0 Å². The molecule has 0 aliphatic carbocycles. The van der Waals surface area contributed by atoms with Crippen LogP contribution in [0.15, 0.2) is 212 Å². The Bertz CT molecular complexity index is 3250. The predicted molar refractivity (Wildman–Crippen MR) is 243 cm³/mol. The minimum atomic E-state index is 1.11. The second kappa shape index (κ2) is 13.4. The van der Waals surface area contributed by atoms with Crippen LogP contribution in [0.4, 0.5) is 17.1 Å². The Balaban J connectivity index is 0.982. The van der Waals surface area contributed by atoms with Gasteiger partial charge in [-0.2, -0.15) is 0 Å². The molecule has 262 valence electrons. The van der Waals surface area contributed by atoms with Crippen LogP contribution in [-0.2, 0) is 0 Å². The molecular formula is C54H35NS. The molecular weight excluding hydrogens is 695 g/mol. The Morgan fingerprint density at radius 1 is 0.250 bits per heavy atom. The van der Waals surface area contributed by atoms with Crippen LogP contribution in [0.3, 0.4) is 0 Å². The van der Waals surface area contributed by atoms with E-state index in [9.17, 15) is 0 Å². The van der Waals surface area contributed by atoms with Gasteiger partial charge in [0, 0.05) is 37.2 Å². The molecule has 0 radical (unpaired) electrons. The molecule has 0 N–H and O–H groups in total. The van der Waals surface area contributed by atoms with Crippen molar-refractivity contribution in [1.82, 2.24) is 0 Å². The Morgan fingerprint density at radius 3 is 1.54 bits per heavy atom. The van der Waals surface area contributed by atoms with Crippen LogP contribution in [0.5, 0.6) is 0 Å². The van der Waals surface area contributed by atoms with Gasteiger partial charge in [-0.1, -0.05) is 152 Å². The Labute approximate surface area is 330 Å². The van der Waals surface area contributed by atoms with Gasteiger partial charge in [-0.25, -0.2) is 0 Å². The van der Waals surface area contributed by atoms with E-state index in [0.717, 1.165) is 17.1 Å². The van der Waals surface area contributed by atoms with E-state index < -0.39 is 0 Å². The van der Waals surface area contributed by atoms with Crippen LogP contribution in [0, 0.1) is 0 Å². The SMILES string of the molecule is c1cc(-c2ccc3ccccc3c2)cc(N(c2ccc(-c3ccc4c(ccc5ccccc54)c3)cc2)c2ccc(-c3ccc4c(c3)sc3ccccc34)cc2)c1. The smallest absolute Gasteiger partial charge is 0.0467 e. The fourth-order valence-corrected chi connectivity index (χ4v) is 9.49. The highest BCUT2D eigenvalue weighted by atomic mass is 32.1. The molecule has 11 rings (SSSR count). The number of nitrogens with zero attached hydrogens (tertiary/aromatic N) is 1. The maximum atomic E-state index is 2.37. The van der Waals surface area contributed by atoms with Crippen molar-refractivity contribution >= 4 is 80.9 Å². The number of thiophene rings is 1. The summed E-state index contributed by atoms with van der Waals surface area (Å²) in [5.41, 5.74) is 10.6. The lowest BCUT2D eigenvalue weighted by Gasteiger charge is -2.26. The molecule has 0 amide bonds. The molecule has 0 saturated heterocycles. The number of fused-ring (bicyclic) bond motifs is 7. The summed E-state index contributed by atoms with van der Waals surface area (Å²) < 4.78 is 2.65. The highest BCUT2D eigenvalue weighted by Crippen LogP contribution is 2.41. The molecule has 56 heavy (non-hydrogen) atoms. The largest absolute Gasteiger partial charge is 0.310 e. The number of benzene rings is 10. The monoisotopic (exact) mass is 729 g/mol. The number of hydrogen-bond acceptors (Lipinski definition) is 2. The maximum Gasteiger partial charge on any atom is 0.0467 e. The minimum Gasteiger partial charge on any atom is -0.310 e. The molecule has 1 nitrogen and oxygen atoms in total. The Hall–Kier alpha value is -7.00. The molecule has 1 aromatic heterocycles. The average molecular weight is 730 g/mol. The van der Waals surface area contributed by atoms with Crippen molar-refractivity contribution in [2.75, 3.05) is 4.90 Å². The third-order valence-corrected chi connectivity index (χ3v) is 12.4. The summed E-state index contributed by atoms with van der Waals surface area (Å²) in [6.45, 7) is 0. The van der Waals surface area contributed by atoms with Gasteiger partial charge in [-0.15, -0.1) is 11.3 Å². The molecule has 0 aliphatic heterocycles. The normalized spacial score (nSPS) is 11.6. The van der Waals surface area contributed by atoms with Crippen LogP contribution >= 0.6 is 11.3 Å². The summed E-state index contributed by atoms with van der Waals surface area (Å²) in [5.74, 6) is 0. The van der Waals surface area contributed by atoms with E-state index in [2.05, 4.69) is 217 Å². The molecule has 0 bridgehead atoms. The summed E-state index contributed by atoms with van der Waals surface area (Å²) >= 11 is 1.86. The third-order valence-electron chi connectivity index (χ3n) is 11.2. The van der Waals surface area contributed by atoms with Crippen molar-refractivity contribution in [3.05, 3.63) is 212 Å². The molecule has 0 spiro atoms. The van der Waals surface area contributed by atoms with Gasteiger partial charge in [0.15, 0.2) is 0 Å². The second-order valence-corrected chi connectivity index (χ2v) is 15.7. The van der Waals surface area contributed by atoms with Crippen molar-refractivity contribution < 1.29 is 0 Å². The van der Waals surface area contributed by atoms with Crippen molar-refractivity contribution in [1.29, 1.82) is 0 Å². The van der Waals surface area contributed by atoms with E-state index in [1.807, 2.05) is 11.3 Å². The van der Waals surface area contributed by atoms with Gasteiger partial charge in [0.05, 0.1) is 0 Å². The molecule has 0 saturated carbocycles. The number of rotatable bonds is 6. The molecule has 0 atom stereocenters. The fourth-order valence-electron chi connectivity index (χ4n) is 8.34. The lowest BCUT2D eigenvalue weighted by Crippen LogP contribution is -2.10. The first-order valence-corrected chi connectivity index (χ1v) is 20.0.